The summed E-state index contributed by atoms with van der Waals surface area (Å²) < 4.78 is 12.2. The van der Waals surface area contributed by atoms with Crippen LogP contribution in [0, 0.1) is 23.7 Å². The molecule has 0 spiro atoms. The quantitative estimate of drug-likeness (QED) is 0.0910. The molecule has 0 unspecified atom stereocenters. The highest BCUT2D eigenvalue weighted by Gasteiger charge is 2.45. The maximum Gasteiger partial charge on any atom is 0.248 e. The Morgan fingerprint density at radius 1 is 0.495 bits per heavy atom. The van der Waals surface area contributed by atoms with Gasteiger partial charge >= 0.3 is 0 Å². The third-order valence-corrected chi connectivity index (χ3v) is 20.2. The summed E-state index contributed by atoms with van der Waals surface area (Å²) >= 11 is 6.57. The van der Waals surface area contributed by atoms with Gasteiger partial charge in [0.25, 0.3) is 0 Å². The summed E-state index contributed by atoms with van der Waals surface area (Å²) in [6, 6.07) is 1.15. The number of aliphatic hydroxyl groups is 2. The van der Waals surface area contributed by atoms with Crippen LogP contribution in [-0.4, -0.2) is 287 Å². The summed E-state index contributed by atoms with van der Waals surface area (Å²) in [7, 11) is 9.86. The molecule has 2 aliphatic rings. The van der Waals surface area contributed by atoms with Gasteiger partial charge in [0.05, 0.1) is 37.4 Å². The number of aliphatic hydroxyl groups excluding tert-OH is 2. The number of amides is 12. The van der Waals surface area contributed by atoms with Crippen LogP contribution in [0.3, 0.4) is 0 Å². The first-order valence-electron chi connectivity index (χ1n) is 38.7. The second-order valence-electron chi connectivity index (χ2n) is 32.4. The SMILES string of the molecule is CC(C)C[C@H]1C(=O)N[C@@H](COCC[C@@H](C)O)C(=O)N(C)[C@@H](Cc2ccccc2)C(=O)N(C)[C@@H](Cc2cccc(Cl)c2)C(=O)N[C@@H](COC(C)(C)C)C(=O)N(C)[C@@H](CC(C)C)C(=O)N[C@@H]([C@@H](C)O)C(=O)N(C)[C@@H](CC(C)C)C(=O)N(C)[C@@H](CC(C)C)C(=O)N[C@H](C(=O)N2CCCCC2)CC(=O)N(C)CCCC(=O)N1C. The number of carbonyl (C=O) groups excluding carboxylic acids is 12. The predicted octanol–water partition coefficient (Wildman–Crippen LogP) is 4.85. The number of likely N-dealkylation sites (N-methyl/N-ethyl adjacent to an activating group) is 6. The van der Waals surface area contributed by atoms with Crippen molar-refractivity contribution in [2.75, 3.05) is 88.8 Å². The fourth-order valence-corrected chi connectivity index (χ4v) is 13.6. The monoisotopic (exact) mass is 1550 g/mol. The molecule has 109 heavy (non-hydrogen) atoms. The van der Waals surface area contributed by atoms with Gasteiger partial charge in [0.15, 0.2) is 0 Å². The Labute approximate surface area is 652 Å². The third kappa shape index (κ3) is 29.4. The molecule has 4 rings (SSSR count). The molecule has 0 saturated carbocycles. The van der Waals surface area contributed by atoms with E-state index in [1.54, 1.807) is 87.2 Å². The second-order valence-corrected chi connectivity index (χ2v) is 32.9. The average molecular weight is 1550 g/mol. The van der Waals surface area contributed by atoms with Gasteiger partial charge in [-0.15, -0.1) is 0 Å². The molecule has 2 fully saturated rings. The highest BCUT2D eigenvalue weighted by Crippen LogP contribution is 2.25. The van der Waals surface area contributed by atoms with Gasteiger partial charge in [-0.2, -0.15) is 0 Å². The molecule has 0 radical (unpaired) electrons. The number of ether oxygens (including phenoxy) is 2. The predicted molar refractivity (Wildman–Crippen MR) is 417 cm³/mol. The van der Waals surface area contributed by atoms with Gasteiger partial charge in [-0.05, 0) is 139 Å². The Balaban J connectivity index is 2.02. The molecule has 2 heterocycles. The molecule has 6 N–H and O–H groups in total. The van der Waals surface area contributed by atoms with Crippen LogP contribution < -0.4 is 21.3 Å². The maximum atomic E-state index is 15.8. The molecule has 612 valence electrons. The number of nitrogens with zero attached hydrogens (tertiary/aromatic N) is 8. The van der Waals surface area contributed by atoms with E-state index in [9.17, 15) is 29.4 Å². The van der Waals surface area contributed by atoms with Gasteiger partial charge in [0, 0.05) is 99.9 Å². The summed E-state index contributed by atoms with van der Waals surface area (Å²) in [6.45, 7) is 22.6. The topological polar surface area (TPSA) is 338 Å². The minimum Gasteiger partial charge on any atom is -0.393 e. The molecule has 29 heteroatoms. The summed E-state index contributed by atoms with van der Waals surface area (Å²) in [6.07, 6.45) is -0.623. The van der Waals surface area contributed by atoms with Crippen LogP contribution in [0.1, 0.15) is 172 Å². The van der Waals surface area contributed by atoms with Crippen molar-refractivity contribution in [3.8, 4) is 0 Å². The van der Waals surface area contributed by atoms with E-state index in [0.29, 0.717) is 42.1 Å². The molecule has 12 atom stereocenters. The molecule has 0 bridgehead atoms. The Morgan fingerprint density at radius 2 is 0.945 bits per heavy atom. The van der Waals surface area contributed by atoms with Gasteiger partial charge in [-0.3, -0.25) is 57.5 Å². The summed E-state index contributed by atoms with van der Waals surface area (Å²) in [5, 5.41) is 33.3. The molecule has 2 saturated heterocycles. The molecule has 0 aliphatic carbocycles. The number of hydrogen-bond acceptors (Lipinski definition) is 16. The first-order chi connectivity index (χ1) is 51.0. The highest BCUT2D eigenvalue weighted by molar-refractivity contribution is 6.30. The summed E-state index contributed by atoms with van der Waals surface area (Å²) in [4.78, 5) is 192. The largest absolute Gasteiger partial charge is 0.393 e. The van der Waals surface area contributed by atoms with E-state index in [-0.39, 0.29) is 94.6 Å². The lowest BCUT2D eigenvalue weighted by molar-refractivity contribution is -0.152. The Kier molecular flexibility index (Phi) is 38.0. The number of carbonyl (C=O) groups is 12. The normalized spacial score (nSPS) is 24.7. The number of halogens is 1. The number of benzene rings is 2. The highest BCUT2D eigenvalue weighted by atomic mass is 35.5. The summed E-state index contributed by atoms with van der Waals surface area (Å²) in [5.74, 6) is -9.63. The molecule has 28 nitrogen and oxygen atoms in total. The van der Waals surface area contributed by atoms with Crippen molar-refractivity contribution < 1.29 is 77.2 Å². The molecular weight excluding hydrogens is 1420 g/mol. The zero-order valence-corrected chi connectivity index (χ0v) is 69.2. The standard InChI is InChI=1S/C80H129ClN12O16/c1-49(2)39-61-70(98)83-59(47-108-38-34-53(9)94)74(102)91(19)66(44-55-29-23-21-24-30-55)78(106)90(18)64(45-56-31-27-32-57(81)43-56)72(100)84-60(48-109-80(11,12)13)75(103)88(16)63(41-51(5)6)73(101)85-69(54(10)95)79(107)92(20)65(42-52(7)8)77(105)89(17)62(40-50(3)4)71(99)82-58(76(104)93-36-25-22-26-37-93)46-68(97)86(14)35-28-33-67(96)87(61)15/h21,23-24,27,29-32,43,49-54,58-66,69,94-95H,22,25-26,28,33-42,44-48H2,1-20H3,(H,82,99)(H,83,98)(H,84,100)(H,85,101)/t53-,54-,58+,59+,60+,61+,62+,63+,64+,65+,66+,69+/m1/s1. The minimum atomic E-state index is -1.73. The zero-order chi connectivity index (χ0) is 82.1. The van der Waals surface area contributed by atoms with Crippen LogP contribution in [0.25, 0.3) is 0 Å². The second kappa shape index (κ2) is 44.3. The molecule has 2 aliphatic heterocycles. The van der Waals surface area contributed by atoms with Crippen LogP contribution in [-0.2, 0) is 79.8 Å². The van der Waals surface area contributed by atoms with Crippen LogP contribution in [0.4, 0.5) is 0 Å². The minimum absolute atomic E-state index is 0.00722. The third-order valence-electron chi connectivity index (χ3n) is 20.0. The van der Waals surface area contributed by atoms with Crippen molar-refractivity contribution in [2.24, 2.45) is 23.7 Å². The van der Waals surface area contributed by atoms with Gasteiger partial charge in [0.2, 0.25) is 70.9 Å². The smallest absolute Gasteiger partial charge is 0.248 e. The van der Waals surface area contributed by atoms with Crippen LogP contribution in [0.5, 0.6) is 0 Å². The Bertz CT molecular complexity index is 3350. The first-order valence-corrected chi connectivity index (χ1v) is 39.0. The molecule has 2 aromatic rings. The van der Waals surface area contributed by atoms with Gasteiger partial charge in [-0.1, -0.05) is 109 Å². The number of piperidine rings is 1. The number of rotatable bonds is 21. The van der Waals surface area contributed by atoms with E-state index in [2.05, 4.69) is 21.3 Å². The van der Waals surface area contributed by atoms with Crippen LogP contribution >= 0.6 is 11.6 Å². The number of nitrogens with one attached hydrogen (secondary N) is 4. The van der Waals surface area contributed by atoms with E-state index in [1.165, 1.54) is 80.8 Å². The lowest BCUT2D eigenvalue weighted by atomic mass is 9.96. The lowest BCUT2D eigenvalue weighted by Crippen LogP contribution is -2.63. The van der Waals surface area contributed by atoms with Crippen LogP contribution in [0.15, 0.2) is 54.6 Å². The van der Waals surface area contributed by atoms with E-state index < -0.39 is 169 Å². The number of likely N-dealkylation sites (tertiary alicyclic amines) is 1. The van der Waals surface area contributed by atoms with E-state index >= 15 is 38.4 Å². The van der Waals surface area contributed by atoms with Gasteiger partial charge in [-0.25, -0.2) is 0 Å². The molecule has 2 aromatic carbocycles. The van der Waals surface area contributed by atoms with Crippen molar-refractivity contribution >= 4 is 82.5 Å². The Morgan fingerprint density at radius 3 is 1.47 bits per heavy atom. The van der Waals surface area contributed by atoms with Gasteiger partial charge < -0.3 is 80.2 Å². The molecular formula is C80H129ClN12O16. The van der Waals surface area contributed by atoms with Crippen molar-refractivity contribution in [3.63, 3.8) is 0 Å². The van der Waals surface area contributed by atoms with Crippen molar-refractivity contribution in [3.05, 3.63) is 70.7 Å². The van der Waals surface area contributed by atoms with E-state index in [0.717, 1.165) is 16.2 Å². The van der Waals surface area contributed by atoms with E-state index in [4.69, 9.17) is 21.1 Å². The van der Waals surface area contributed by atoms with Crippen molar-refractivity contribution in [2.45, 2.75) is 252 Å². The van der Waals surface area contributed by atoms with Gasteiger partial charge in [0.1, 0.15) is 60.4 Å². The van der Waals surface area contributed by atoms with Crippen LogP contribution in [0.2, 0.25) is 5.02 Å². The lowest BCUT2D eigenvalue weighted by Gasteiger charge is -2.38. The maximum absolute atomic E-state index is 15.8. The molecule has 12 amide bonds. The van der Waals surface area contributed by atoms with Crippen molar-refractivity contribution in [1.82, 2.24) is 60.5 Å². The fourth-order valence-electron chi connectivity index (χ4n) is 13.4. The van der Waals surface area contributed by atoms with Crippen molar-refractivity contribution in [1.29, 1.82) is 0 Å². The first kappa shape index (κ1) is 93.6. The zero-order valence-electron chi connectivity index (χ0n) is 68.4. The van der Waals surface area contributed by atoms with E-state index in [1.807, 2.05) is 55.4 Å². The number of hydrogen-bond donors (Lipinski definition) is 6. The molecule has 0 aromatic heterocycles. The Hall–Kier alpha value is -7.79. The summed E-state index contributed by atoms with van der Waals surface area (Å²) in [5.41, 5.74) is 0.175. The average Bonchev–Trinajstić information content (AvgIpc) is 0.809. The fraction of sp³-hybridized carbons (Fsp3) is 0.700.